The average molecular weight is 348 g/mol. The van der Waals surface area contributed by atoms with Gasteiger partial charge in [-0.05, 0) is 50.4 Å². The second kappa shape index (κ2) is 8.54. The van der Waals surface area contributed by atoms with Crippen molar-refractivity contribution < 1.29 is 19.0 Å². The first-order chi connectivity index (χ1) is 12.2. The van der Waals surface area contributed by atoms with Crippen LogP contribution in [-0.4, -0.2) is 56.9 Å². The number of carbonyl (C=O) groups excluding carboxylic acids is 1. The molecule has 2 N–H and O–H groups in total. The van der Waals surface area contributed by atoms with Crippen molar-refractivity contribution in [3.05, 3.63) is 24.3 Å². The molecule has 3 rings (SSSR count). The van der Waals surface area contributed by atoms with Crippen LogP contribution in [0.2, 0.25) is 0 Å². The number of hydrogen-bond acceptors (Lipinski definition) is 5. The van der Waals surface area contributed by atoms with Crippen LogP contribution in [0.1, 0.15) is 19.3 Å². The van der Waals surface area contributed by atoms with E-state index in [1.54, 1.807) is 7.11 Å². The van der Waals surface area contributed by atoms with Gasteiger partial charge in [-0.2, -0.15) is 0 Å². The number of carbonyl (C=O) groups is 1. The van der Waals surface area contributed by atoms with Crippen LogP contribution in [-0.2, 0) is 9.53 Å². The lowest BCUT2D eigenvalue weighted by atomic mass is 9.84. The van der Waals surface area contributed by atoms with E-state index in [9.17, 15) is 4.79 Å². The summed E-state index contributed by atoms with van der Waals surface area (Å²) < 4.78 is 17.0. The van der Waals surface area contributed by atoms with Gasteiger partial charge in [-0.1, -0.05) is 12.1 Å². The van der Waals surface area contributed by atoms with Crippen molar-refractivity contribution >= 4 is 5.91 Å². The van der Waals surface area contributed by atoms with Gasteiger partial charge < -0.3 is 19.9 Å². The van der Waals surface area contributed by atoms with Crippen LogP contribution in [0, 0.1) is 11.8 Å². The van der Waals surface area contributed by atoms with E-state index in [0.717, 1.165) is 50.4 Å². The van der Waals surface area contributed by atoms with E-state index in [0.29, 0.717) is 19.1 Å². The molecule has 2 fully saturated rings. The molecule has 0 aromatic heterocycles. The van der Waals surface area contributed by atoms with E-state index in [2.05, 4.69) is 4.90 Å². The fourth-order valence-corrected chi connectivity index (χ4v) is 3.91. The predicted molar refractivity (Wildman–Crippen MR) is 94.7 cm³/mol. The Bertz CT molecular complexity index is 572. The topological polar surface area (TPSA) is 74.0 Å². The number of benzene rings is 1. The molecule has 1 amide bonds. The van der Waals surface area contributed by atoms with Crippen LogP contribution >= 0.6 is 0 Å². The summed E-state index contributed by atoms with van der Waals surface area (Å²) in [5.41, 5.74) is 5.51. The molecular formula is C19H28N2O4. The van der Waals surface area contributed by atoms with Crippen LogP contribution in [0.25, 0.3) is 0 Å². The Morgan fingerprint density at radius 3 is 2.64 bits per heavy atom. The van der Waals surface area contributed by atoms with Crippen molar-refractivity contribution in [1.29, 1.82) is 0 Å². The highest BCUT2D eigenvalue weighted by molar-refractivity contribution is 5.77. The molecule has 138 valence electrons. The number of hydrogen-bond donors (Lipinski definition) is 1. The molecule has 0 bridgehead atoms. The molecule has 2 aliphatic heterocycles. The highest BCUT2D eigenvalue weighted by atomic mass is 16.5. The summed E-state index contributed by atoms with van der Waals surface area (Å²) >= 11 is 0. The number of methoxy groups -OCH3 is 1. The van der Waals surface area contributed by atoms with Gasteiger partial charge >= 0.3 is 0 Å². The van der Waals surface area contributed by atoms with Gasteiger partial charge in [0.25, 0.3) is 0 Å². The second-order valence-corrected chi connectivity index (χ2v) is 6.81. The summed E-state index contributed by atoms with van der Waals surface area (Å²) in [5.74, 6) is 1.66. The zero-order valence-corrected chi connectivity index (χ0v) is 14.9. The van der Waals surface area contributed by atoms with Gasteiger partial charge in [0.15, 0.2) is 11.5 Å². The fourth-order valence-electron chi connectivity index (χ4n) is 3.91. The Morgan fingerprint density at radius 2 is 1.96 bits per heavy atom. The van der Waals surface area contributed by atoms with Gasteiger partial charge in [0.1, 0.15) is 6.61 Å². The maximum Gasteiger partial charge on any atom is 0.223 e. The van der Waals surface area contributed by atoms with Crippen molar-refractivity contribution in [2.24, 2.45) is 17.6 Å². The van der Waals surface area contributed by atoms with Crippen molar-refractivity contribution in [2.45, 2.75) is 25.4 Å². The zero-order valence-electron chi connectivity index (χ0n) is 14.9. The third-order valence-corrected chi connectivity index (χ3v) is 5.33. The summed E-state index contributed by atoms with van der Waals surface area (Å²) in [5, 5.41) is 0. The standard InChI is InChI=1S/C19H28N2O4/c1-23-16-4-2-3-5-17(16)24-13-11-21-9-6-14(7-10-21)18-15(19(20)22)8-12-25-18/h2-5,14-15,18H,6-13H2,1H3,(H2,20,22)/t15-,18+/m0/s1. The van der Waals surface area contributed by atoms with Gasteiger partial charge in [0, 0.05) is 13.2 Å². The summed E-state index contributed by atoms with van der Waals surface area (Å²) in [6.07, 6.45) is 2.88. The molecule has 2 atom stereocenters. The number of para-hydroxylation sites is 2. The number of nitrogens with two attached hydrogens (primary N) is 1. The Labute approximate surface area is 149 Å². The van der Waals surface area contributed by atoms with Gasteiger partial charge in [0.2, 0.25) is 5.91 Å². The highest BCUT2D eigenvalue weighted by Gasteiger charge is 2.39. The number of piperidine rings is 1. The maximum absolute atomic E-state index is 11.6. The molecule has 2 aliphatic rings. The summed E-state index contributed by atoms with van der Waals surface area (Å²) in [6, 6.07) is 7.70. The lowest BCUT2D eigenvalue weighted by Gasteiger charge is -2.35. The monoisotopic (exact) mass is 348 g/mol. The molecule has 25 heavy (non-hydrogen) atoms. The molecule has 2 saturated heterocycles. The Balaban J connectivity index is 1.41. The van der Waals surface area contributed by atoms with Crippen LogP contribution in [0.3, 0.4) is 0 Å². The van der Waals surface area contributed by atoms with E-state index >= 15 is 0 Å². The molecule has 1 aromatic rings. The smallest absolute Gasteiger partial charge is 0.223 e. The number of primary amides is 1. The molecule has 6 heteroatoms. The second-order valence-electron chi connectivity index (χ2n) is 6.81. The van der Waals surface area contributed by atoms with Crippen LogP contribution in [0.15, 0.2) is 24.3 Å². The first-order valence-corrected chi connectivity index (χ1v) is 9.08. The largest absolute Gasteiger partial charge is 0.493 e. The first-order valence-electron chi connectivity index (χ1n) is 9.08. The van der Waals surface area contributed by atoms with E-state index in [4.69, 9.17) is 19.9 Å². The highest BCUT2D eigenvalue weighted by Crippen LogP contribution is 2.33. The summed E-state index contributed by atoms with van der Waals surface area (Å²) in [4.78, 5) is 14.0. The van der Waals surface area contributed by atoms with Crippen molar-refractivity contribution in [2.75, 3.05) is 40.0 Å². The lowest BCUT2D eigenvalue weighted by Crippen LogP contribution is -2.43. The molecular weight excluding hydrogens is 320 g/mol. The van der Waals surface area contributed by atoms with Gasteiger partial charge in [-0.25, -0.2) is 0 Å². The molecule has 0 radical (unpaired) electrons. The summed E-state index contributed by atoms with van der Waals surface area (Å²) in [7, 11) is 1.65. The molecule has 0 saturated carbocycles. The third kappa shape index (κ3) is 4.44. The van der Waals surface area contributed by atoms with Crippen LogP contribution in [0.5, 0.6) is 11.5 Å². The van der Waals surface area contributed by atoms with Gasteiger partial charge in [0.05, 0.1) is 19.1 Å². The Hall–Kier alpha value is -1.79. The number of rotatable bonds is 7. The van der Waals surface area contributed by atoms with Gasteiger partial charge in [-0.3, -0.25) is 9.69 Å². The molecule has 1 aromatic carbocycles. The molecule has 0 spiro atoms. The fraction of sp³-hybridized carbons (Fsp3) is 0.632. The minimum Gasteiger partial charge on any atom is -0.493 e. The SMILES string of the molecule is COc1ccccc1OCCN1CCC([C@H]2OCC[C@@H]2C(N)=O)CC1. The van der Waals surface area contributed by atoms with Crippen molar-refractivity contribution in [3.8, 4) is 11.5 Å². The Morgan fingerprint density at radius 1 is 1.24 bits per heavy atom. The van der Waals surface area contributed by atoms with E-state index in [1.165, 1.54) is 0 Å². The number of amides is 1. The average Bonchev–Trinajstić information content (AvgIpc) is 3.13. The molecule has 0 unspecified atom stereocenters. The van der Waals surface area contributed by atoms with Gasteiger partial charge in [-0.15, -0.1) is 0 Å². The number of likely N-dealkylation sites (tertiary alicyclic amines) is 1. The number of nitrogens with zero attached hydrogens (tertiary/aromatic N) is 1. The van der Waals surface area contributed by atoms with E-state index in [-0.39, 0.29) is 17.9 Å². The third-order valence-electron chi connectivity index (χ3n) is 5.33. The lowest BCUT2D eigenvalue weighted by molar-refractivity contribution is -0.124. The predicted octanol–water partition coefficient (Wildman–Crippen LogP) is 1.68. The normalized spacial score (nSPS) is 25.0. The maximum atomic E-state index is 11.6. The van der Waals surface area contributed by atoms with Crippen LogP contribution in [0.4, 0.5) is 0 Å². The molecule has 6 nitrogen and oxygen atoms in total. The molecule has 0 aliphatic carbocycles. The Kier molecular flexibility index (Phi) is 6.15. The quantitative estimate of drug-likeness (QED) is 0.811. The minimum atomic E-state index is -0.213. The van der Waals surface area contributed by atoms with Crippen molar-refractivity contribution in [1.82, 2.24) is 4.90 Å². The zero-order chi connectivity index (χ0) is 17.6. The minimum absolute atomic E-state index is 0.0180. The van der Waals surface area contributed by atoms with E-state index < -0.39 is 0 Å². The van der Waals surface area contributed by atoms with Crippen molar-refractivity contribution in [3.63, 3.8) is 0 Å². The first kappa shape index (κ1) is 18.0. The van der Waals surface area contributed by atoms with Crippen LogP contribution < -0.4 is 15.2 Å². The van der Waals surface area contributed by atoms with E-state index in [1.807, 2.05) is 24.3 Å². The number of ether oxygens (including phenoxy) is 3. The summed E-state index contributed by atoms with van der Waals surface area (Å²) in [6.45, 7) is 4.19. The molecule has 2 heterocycles.